The van der Waals surface area contributed by atoms with Gasteiger partial charge in [0.05, 0.1) is 32.0 Å². The number of unbranched alkanes of at least 4 members (excludes halogenated alkanes) is 43. The summed E-state index contributed by atoms with van der Waals surface area (Å²) in [7, 11) is 0. The summed E-state index contributed by atoms with van der Waals surface area (Å²) in [5, 5.41) is 54.5. The summed E-state index contributed by atoms with van der Waals surface area (Å²) in [4.78, 5) is 25.1. The summed E-state index contributed by atoms with van der Waals surface area (Å²) in [6, 6.07) is -0.826. The summed E-state index contributed by atoms with van der Waals surface area (Å²) >= 11 is 0. The van der Waals surface area contributed by atoms with E-state index in [1.54, 1.807) is 6.08 Å². The van der Waals surface area contributed by atoms with Crippen LogP contribution in [-0.2, 0) is 23.8 Å². The highest BCUT2D eigenvalue weighted by atomic mass is 16.7. The Labute approximate surface area is 480 Å². The summed E-state index contributed by atoms with van der Waals surface area (Å²) in [5.74, 6) is -0.184. The van der Waals surface area contributed by atoms with Crippen LogP contribution >= 0.6 is 0 Å². The standard InChI is InChI=1S/C67H127NO10/c1-3-5-7-9-11-13-15-16-27-30-34-37-41-45-49-53-60(70)59(58-77-67-66(75)65(74)64(73)61(57-69)78-67)68-62(71)54-50-46-42-38-35-31-28-25-23-21-19-17-18-20-22-24-26-29-32-36-40-44-48-52-56-76-63(72)55-51-47-43-39-33-14-12-10-8-6-4-2/h34,37,49,53,59-61,64-67,69-70,73-75H,3-33,35-36,38-48,50-52,54-58H2,1-2H3,(H,68,71)/b37-34+,53-49+. The van der Waals surface area contributed by atoms with Crippen molar-refractivity contribution in [3.8, 4) is 0 Å². The molecule has 78 heavy (non-hydrogen) atoms. The summed E-state index contributed by atoms with van der Waals surface area (Å²) < 4.78 is 16.7. The van der Waals surface area contributed by atoms with Gasteiger partial charge < -0.3 is 45.1 Å². The first kappa shape index (κ1) is 74.2. The largest absolute Gasteiger partial charge is 0.466 e. The zero-order valence-corrected chi connectivity index (χ0v) is 50.9. The van der Waals surface area contributed by atoms with E-state index in [4.69, 9.17) is 14.2 Å². The number of ether oxygens (including phenoxy) is 3. The van der Waals surface area contributed by atoms with E-state index in [0.29, 0.717) is 19.4 Å². The van der Waals surface area contributed by atoms with E-state index >= 15 is 0 Å². The molecular weight excluding hydrogens is 979 g/mol. The van der Waals surface area contributed by atoms with Gasteiger partial charge in [-0.3, -0.25) is 9.59 Å². The molecule has 0 saturated carbocycles. The molecule has 0 aromatic rings. The second-order valence-electron chi connectivity index (χ2n) is 23.5. The first-order chi connectivity index (χ1) is 38.2. The molecular formula is C67H127NO10. The molecule has 0 radical (unpaired) electrons. The van der Waals surface area contributed by atoms with Crippen LogP contribution in [0.1, 0.15) is 328 Å². The number of allylic oxidation sites excluding steroid dienone is 3. The highest BCUT2D eigenvalue weighted by molar-refractivity contribution is 5.76. The molecule has 1 heterocycles. The van der Waals surface area contributed by atoms with E-state index in [1.807, 2.05) is 6.08 Å². The van der Waals surface area contributed by atoms with Gasteiger partial charge >= 0.3 is 5.97 Å². The molecule has 6 N–H and O–H groups in total. The maximum Gasteiger partial charge on any atom is 0.305 e. The highest BCUT2D eigenvalue weighted by Gasteiger charge is 2.44. The van der Waals surface area contributed by atoms with E-state index in [1.165, 1.54) is 244 Å². The second-order valence-corrected chi connectivity index (χ2v) is 23.5. The number of nitrogens with one attached hydrogen (secondary N) is 1. The molecule has 0 aromatic heterocycles. The number of aliphatic hydroxyl groups is 5. The fraction of sp³-hybridized carbons (Fsp3) is 0.910. The predicted octanol–water partition coefficient (Wildman–Crippen LogP) is 16.5. The lowest BCUT2D eigenvalue weighted by molar-refractivity contribution is -0.302. The molecule has 1 aliphatic heterocycles. The van der Waals surface area contributed by atoms with Crippen LogP contribution in [0.4, 0.5) is 0 Å². The Morgan fingerprint density at radius 1 is 0.462 bits per heavy atom. The maximum absolute atomic E-state index is 13.1. The molecule has 0 bridgehead atoms. The Balaban J connectivity index is 2.04. The van der Waals surface area contributed by atoms with Gasteiger partial charge in [0.25, 0.3) is 0 Å². The first-order valence-electron chi connectivity index (χ1n) is 33.6. The number of amides is 1. The molecule has 11 heteroatoms. The van der Waals surface area contributed by atoms with Crippen molar-refractivity contribution >= 4 is 11.9 Å². The Morgan fingerprint density at radius 2 is 0.833 bits per heavy atom. The van der Waals surface area contributed by atoms with Gasteiger partial charge in [0, 0.05) is 12.8 Å². The highest BCUT2D eigenvalue weighted by Crippen LogP contribution is 2.23. The number of carbonyl (C=O) groups excluding carboxylic acids is 2. The molecule has 1 aliphatic rings. The van der Waals surface area contributed by atoms with Crippen molar-refractivity contribution in [2.45, 2.75) is 371 Å². The fourth-order valence-corrected chi connectivity index (χ4v) is 10.7. The van der Waals surface area contributed by atoms with Crippen molar-refractivity contribution in [2.75, 3.05) is 19.8 Å². The second kappa shape index (κ2) is 57.0. The number of hydrogen-bond acceptors (Lipinski definition) is 10. The summed E-state index contributed by atoms with van der Waals surface area (Å²) in [6.45, 7) is 4.35. The maximum atomic E-state index is 13.1. The molecule has 0 aromatic carbocycles. The predicted molar refractivity (Wildman–Crippen MR) is 324 cm³/mol. The van der Waals surface area contributed by atoms with Crippen LogP contribution in [0, 0.1) is 0 Å². The van der Waals surface area contributed by atoms with Crippen molar-refractivity contribution < 1.29 is 49.3 Å². The first-order valence-corrected chi connectivity index (χ1v) is 33.6. The van der Waals surface area contributed by atoms with Crippen molar-refractivity contribution in [1.82, 2.24) is 5.32 Å². The van der Waals surface area contributed by atoms with Gasteiger partial charge in [0.2, 0.25) is 5.91 Å². The quantitative estimate of drug-likeness (QED) is 0.0195. The topological polar surface area (TPSA) is 175 Å². The number of rotatable bonds is 59. The Morgan fingerprint density at radius 3 is 1.27 bits per heavy atom. The van der Waals surface area contributed by atoms with E-state index in [-0.39, 0.29) is 18.5 Å². The molecule has 7 atom stereocenters. The Hall–Kier alpha value is -1.86. The van der Waals surface area contributed by atoms with Gasteiger partial charge in [-0.1, -0.05) is 295 Å². The van der Waals surface area contributed by atoms with Gasteiger partial charge in [-0.2, -0.15) is 0 Å². The van der Waals surface area contributed by atoms with Gasteiger partial charge in [-0.15, -0.1) is 0 Å². The van der Waals surface area contributed by atoms with Crippen molar-refractivity contribution in [3.63, 3.8) is 0 Å². The number of hydrogen-bond donors (Lipinski definition) is 6. The molecule has 1 fully saturated rings. The Bertz CT molecular complexity index is 1350. The van der Waals surface area contributed by atoms with E-state index in [0.717, 1.165) is 57.8 Å². The molecule has 1 saturated heterocycles. The smallest absolute Gasteiger partial charge is 0.305 e. The minimum atomic E-state index is -1.58. The van der Waals surface area contributed by atoms with Gasteiger partial charge in [-0.25, -0.2) is 0 Å². The average Bonchev–Trinajstić information content (AvgIpc) is 3.45. The average molecular weight is 1110 g/mol. The zero-order valence-electron chi connectivity index (χ0n) is 50.9. The van der Waals surface area contributed by atoms with Crippen molar-refractivity contribution in [2.24, 2.45) is 0 Å². The molecule has 1 rings (SSSR count). The van der Waals surface area contributed by atoms with E-state index < -0.39 is 49.5 Å². The van der Waals surface area contributed by atoms with Crippen LogP contribution in [0.15, 0.2) is 24.3 Å². The minimum Gasteiger partial charge on any atom is -0.466 e. The molecule has 11 nitrogen and oxygen atoms in total. The van der Waals surface area contributed by atoms with Gasteiger partial charge in [0.1, 0.15) is 24.4 Å². The molecule has 0 aliphatic carbocycles. The third kappa shape index (κ3) is 45.7. The lowest BCUT2D eigenvalue weighted by atomic mass is 9.99. The normalized spacial score (nSPS) is 18.6. The van der Waals surface area contributed by atoms with Gasteiger partial charge in [-0.05, 0) is 44.9 Å². The third-order valence-corrected chi connectivity index (χ3v) is 16.1. The van der Waals surface area contributed by atoms with Crippen molar-refractivity contribution in [3.05, 3.63) is 24.3 Å². The molecule has 7 unspecified atom stereocenters. The van der Waals surface area contributed by atoms with Crippen LogP contribution in [0.2, 0.25) is 0 Å². The lowest BCUT2D eigenvalue weighted by Crippen LogP contribution is -2.60. The number of carbonyl (C=O) groups is 2. The third-order valence-electron chi connectivity index (χ3n) is 16.1. The van der Waals surface area contributed by atoms with Gasteiger partial charge in [0.15, 0.2) is 6.29 Å². The van der Waals surface area contributed by atoms with E-state index in [2.05, 4.69) is 31.3 Å². The zero-order chi connectivity index (χ0) is 56.6. The molecule has 460 valence electrons. The molecule has 0 spiro atoms. The number of aliphatic hydroxyl groups excluding tert-OH is 5. The van der Waals surface area contributed by atoms with Crippen LogP contribution in [0.25, 0.3) is 0 Å². The van der Waals surface area contributed by atoms with Crippen LogP contribution < -0.4 is 5.32 Å². The number of esters is 1. The monoisotopic (exact) mass is 1110 g/mol. The SMILES string of the molecule is CCCCCCCCCCC/C=C/CC/C=C/C(O)C(COC1OC(CO)C(O)C(O)C1O)NC(=O)CCCCCCCCCCCCCCCCCCCCCCCCCCOC(=O)CCCCCCCCCCCCC. The fourth-order valence-electron chi connectivity index (χ4n) is 10.7. The van der Waals surface area contributed by atoms with Crippen molar-refractivity contribution in [1.29, 1.82) is 0 Å². The summed E-state index contributed by atoms with van der Waals surface area (Å²) in [5.41, 5.74) is 0. The van der Waals surface area contributed by atoms with Crippen LogP contribution in [0.5, 0.6) is 0 Å². The summed E-state index contributed by atoms with van der Waals surface area (Å²) in [6.07, 6.45) is 60.0. The van der Waals surface area contributed by atoms with Crippen LogP contribution in [-0.4, -0.2) is 100 Å². The molecule has 1 amide bonds. The minimum absolute atomic E-state index is 0.00413. The van der Waals surface area contributed by atoms with E-state index in [9.17, 15) is 35.1 Å². The Kier molecular flexibility index (Phi) is 54.2. The van der Waals surface area contributed by atoms with Crippen LogP contribution in [0.3, 0.4) is 0 Å². The lowest BCUT2D eigenvalue weighted by Gasteiger charge is -2.40.